The van der Waals surface area contributed by atoms with Crippen molar-refractivity contribution in [2.75, 3.05) is 13.1 Å². The number of aliphatic hydroxyl groups is 1. The molecule has 0 saturated carbocycles. The Morgan fingerprint density at radius 2 is 1.83 bits per heavy atom. The Kier molecular flexibility index (Phi) is 5.38. The Balaban J connectivity index is 1.84. The van der Waals surface area contributed by atoms with Crippen molar-refractivity contribution in [2.24, 2.45) is 0 Å². The molecule has 0 radical (unpaired) electrons. The van der Waals surface area contributed by atoms with Crippen LogP contribution >= 0.6 is 11.3 Å². The number of rotatable bonds is 6. The molecule has 5 nitrogen and oxygen atoms in total. The number of amides is 2. The highest BCUT2D eigenvalue weighted by atomic mass is 32.1. The van der Waals surface area contributed by atoms with Gasteiger partial charge in [-0.15, -0.1) is 11.3 Å². The van der Waals surface area contributed by atoms with Crippen LogP contribution < -0.4 is 10.6 Å². The molecular weight excluding hydrogens is 310 g/mol. The van der Waals surface area contributed by atoms with Crippen molar-refractivity contribution in [2.45, 2.75) is 31.8 Å². The molecule has 1 unspecified atom stereocenters. The van der Waals surface area contributed by atoms with Crippen molar-refractivity contribution < 1.29 is 9.90 Å². The lowest BCUT2D eigenvalue weighted by atomic mass is 9.85. The van der Waals surface area contributed by atoms with Crippen molar-refractivity contribution in [3.63, 3.8) is 0 Å². The molecule has 124 valence electrons. The van der Waals surface area contributed by atoms with Crippen LogP contribution in [-0.4, -0.2) is 29.2 Å². The summed E-state index contributed by atoms with van der Waals surface area (Å²) in [6.45, 7) is 6.47. The zero-order valence-electron chi connectivity index (χ0n) is 13.7. The molecule has 0 fully saturated rings. The average molecular weight is 333 g/mol. The van der Waals surface area contributed by atoms with E-state index in [1.807, 2.05) is 29.6 Å². The van der Waals surface area contributed by atoms with E-state index in [0.29, 0.717) is 6.54 Å². The molecule has 0 aliphatic heterocycles. The highest BCUT2D eigenvalue weighted by Crippen LogP contribution is 2.24. The van der Waals surface area contributed by atoms with Crippen molar-refractivity contribution >= 4 is 17.4 Å². The second kappa shape index (κ2) is 7.10. The highest BCUT2D eigenvalue weighted by molar-refractivity contribution is 7.10. The quantitative estimate of drug-likeness (QED) is 0.761. The predicted octanol–water partition coefficient (Wildman–Crippen LogP) is 2.63. The molecule has 2 aromatic heterocycles. The largest absolute Gasteiger partial charge is 0.383 e. The number of urea groups is 1. The van der Waals surface area contributed by atoms with Crippen LogP contribution in [0.3, 0.4) is 0 Å². The molecular formula is C17H23N3O2S. The van der Waals surface area contributed by atoms with E-state index in [1.165, 1.54) is 11.3 Å². The maximum atomic E-state index is 12.0. The number of hydrogen-bond donors (Lipinski definition) is 3. The molecule has 0 spiro atoms. The monoisotopic (exact) mass is 333 g/mol. The zero-order valence-corrected chi connectivity index (χ0v) is 14.5. The summed E-state index contributed by atoms with van der Waals surface area (Å²) in [5.41, 5.74) is -0.152. The second-order valence-corrected chi connectivity index (χ2v) is 7.35. The molecule has 3 N–H and O–H groups in total. The van der Waals surface area contributed by atoms with E-state index in [0.717, 1.165) is 10.4 Å². The Morgan fingerprint density at radius 3 is 2.43 bits per heavy atom. The number of thiophene rings is 1. The van der Waals surface area contributed by atoms with Gasteiger partial charge in [0.25, 0.3) is 0 Å². The number of nitrogens with zero attached hydrogens (tertiary/aromatic N) is 1. The molecule has 0 aliphatic carbocycles. The van der Waals surface area contributed by atoms with Gasteiger partial charge in [0.2, 0.25) is 0 Å². The summed E-state index contributed by atoms with van der Waals surface area (Å²) < 4.78 is 0. The number of carbonyl (C=O) groups excluding carboxylic acids is 1. The Labute approximate surface area is 140 Å². The zero-order chi connectivity index (χ0) is 16.9. The van der Waals surface area contributed by atoms with Gasteiger partial charge in [-0.3, -0.25) is 4.98 Å². The lowest BCUT2D eigenvalue weighted by molar-refractivity contribution is 0.0631. The summed E-state index contributed by atoms with van der Waals surface area (Å²) in [6.07, 6.45) is 3.49. The molecule has 6 heteroatoms. The van der Waals surface area contributed by atoms with E-state index in [4.69, 9.17) is 0 Å². The van der Waals surface area contributed by atoms with Crippen molar-refractivity contribution in [1.29, 1.82) is 0 Å². The minimum atomic E-state index is -1.06. The Morgan fingerprint density at radius 1 is 1.17 bits per heavy atom. The summed E-state index contributed by atoms with van der Waals surface area (Å²) in [7, 11) is 0. The van der Waals surface area contributed by atoms with Crippen LogP contribution in [0.25, 0.3) is 0 Å². The molecule has 2 rings (SSSR count). The fraction of sp³-hybridized carbons (Fsp3) is 0.412. The van der Waals surface area contributed by atoms with Crippen molar-refractivity contribution in [3.8, 4) is 0 Å². The van der Waals surface area contributed by atoms with Gasteiger partial charge in [0.1, 0.15) is 5.60 Å². The normalized spacial score (nSPS) is 14.1. The molecule has 0 aliphatic rings. The first-order valence-corrected chi connectivity index (χ1v) is 8.38. The lowest BCUT2D eigenvalue weighted by Gasteiger charge is -2.26. The van der Waals surface area contributed by atoms with Gasteiger partial charge in [-0.2, -0.15) is 0 Å². The standard InChI is InChI=1S/C17H23N3O2S/c1-16(2,13-6-8-18-9-7-13)11-19-15(21)20-12-17(3,22)14-5-4-10-23-14/h4-10,22H,11-12H2,1-3H3,(H2,19,20,21). The minimum Gasteiger partial charge on any atom is -0.383 e. The number of carbonyl (C=O) groups is 1. The van der Waals surface area contributed by atoms with Gasteiger partial charge in [-0.25, -0.2) is 4.79 Å². The van der Waals surface area contributed by atoms with Crippen LogP contribution in [0, 0.1) is 0 Å². The number of hydrogen-bond acceptors (Lipinski definition) is 4. The van der Waals surface area contributed by atoms with E-state index in [9.17, 15) is 9.90 Å². The maximum absolute atomic E-state index is 12.0. The average Bonchev–Trinajstić information content (AvgIpc) is 3.07. The lowest BCUT2D eigenvalue weighted by Crippen LogP contribution is -2.46. The fourth-order valence-corrected chi connectivity index (χ4v) is 2.98. The van der Waals surface area contributed by atoms with Crippen molar-refractivity contribution in [3.05, 3.63) is 52.5 Å². The van der Waals surface area contributed by atoms with Crippen LogP contribution in [0.4, 0.5) is 4.79 Å². The van der Waals surface area contributed by atoms with Gasteiger partial charge in [0, 0.05) is 29.2 Å². The van der Waals surface area contributed by atoms with Crippen LogP contribution in [0.15, 0.2) is 42.0 Å². The SMILES string of the molecule is CC(C)(CNC(=O)NCC(C)(O)c1cccs1)c1ccncc1. The number of nitrogens with one attached hydrogen (secondary N) is 2. The van der Waals surface area contributed by atoms with Crippen LogP contribution in [-0.2, 0) is 11.0 Å². The summed E-state index contributed by atoms with van der Waals surface area (Å²) in [6, 6.07) is 7.34. The smallest absolute Gasteiger partial charge is 0.314 e. The summed E-state index contributed by atoms with van der Waals surface area (Å²) >= 11 is 1.47. The fourth-order valence-electron chi connectivity index (χ4n) is 2.19. The van der Waals surface area contributed by atoms with Crippen molar-refractivity contribution in [1.82, 2.24) is 15.6 Å². The molecule has 0 aromatic carbocycles. The highest BCUT2D eigenvalue weighted by Gasteiger charge is 2.26. The van der Waals surface area contributed by atoms with Gasteiger partial charge in [0.15, 0.2) is 0 Å². The number of aromatic nitrogens is 1. The third kappa shape index (κ3) is 4.77. The van der Waals surface area contributed by atoms with E-state index in [-0.39, 0.29) is 18.0 Å². The summed E-state index contributed by atoms with van der Waals surface area (Å²) in [5, 5.41) is 17.9. The van der Waals surface area contributed by atoms with Crippen LogP contribution in [0.2, 0.25) is 0 Å². The third-order valence-corrected chi connectivity index (χ3v) is 4.92. The first kappa shape index (κ1) is 17.4. The second-order valence-electron chi connectivity index (χ2n) is 6.41. The van der Waals surface area contributed by atoms with Gasteiger partial charge < -0.3 is 15.7 Å². The minimum absolute atomic E-state index is 0.162. The maximum Gasteiger partial charge on any atom is 0.314 e. The summed E-state index contributed by atoms with van der Waals surface area (Å²) in [4.78, 5) is 16.8. The van der Waals surface area contributed by atoms with Crippen LogP contribution in [0.1, 0.15) is 31.2 Å². The molecule has 2 amide bonds. The van der Waals surface area contributed by atoms with E-state index in [1.54, 1.807) is 19.3 Å². The van der Waals surface area contributed by atoms with Gasteiger partial charge in [-0.05, 0) is 36.1 Å². The topological polar surface area (TPSA) is 74.2 Å². The van der Waals surface area contributed by atoms with Gasteiger partial charge in [0.05, 0.1) is 6.54 Å². The summed E-state index contributed by atoms with van der Waals surface area (Å²) in [5.74, 6) is 0. The van der Waals surface area contributed by atoms with Gasteiger partial charge in [-0.1, -0.05) is 19.9 Å². The molecule has 2 aromatic rings. The molecule has 0 saturated heterocycles. The Hall–Kier alpha value is -1.92. The van der Waals surface area contributed by atoms with E-state index < -0.39 is 5.60 Å². The first-order valence-electron chi connectivity index (χ1n) is 7.50. The van der Waals surface area contributed by atoms with Gasteiger partial charge >= 0.3 is 6.03 Å². The molecule has 1 atom stereocenters. The Bertz CT molecular complexity index is 625. The first-order chi connectivity index (χ1) is 10.8. The molecule has 23 heavy (non-hydrogen) atoms. The van der Waals surface area contributed by atoms with Crippen LogP contribution in [0.5, 0.6) is 0 Å². The third-order valence-electron chi connectivity index (χ3n) is 3.80. The predicted molar refractivity (Wildman–Crippen MR) is 92.6 cm³/mol. The van der Waals surface area contributed by atoms with E-state index in [2.05, 4.69) is 29.5 Å². The molecule has 0 bridgehead atoms. The molecule has 2 heterocycles. The number of pyridine rings is 1. The van der Waals surface area contributed by atoms with E-state index >= 15 is 0 Å².